The molecule has 1 aliphatic heterocycles. The van der Waals surface area contributed by atoms with Gasteiger partial charge < -0.3 is 4.90 Å². The molecule has 0 radical (unpaired) electrons. The van der Waals surface area contributed by atoms with Gasteiger partial charge in [0.25, 0.3) is 0 Å². The summed E-state index contributed by atoms with van der Waals surface area (Å²) in [6.45, 7) is 0.718. The first-order chi connectivity index (χ1) is 10.1. The van der Waals surface area contributed by atoms with Crippen LogP contribution in [0.2, 0.25) is 0 Å². The van der Waals surface area contributed by atoms with Crippen molar-refractivity contribution in [1.29, 1.82) is 0 Å². The van der Waals surface area contributed by atoms with Crippen molar-refractivity contribution in [1.82, 2.24) is 0 Å². The van der Waals surface area contributed by atoms with Gasteiger partial charge in [0, 0.05) is 21.6 Å². The number of para-hydroxylation sites is 1. The van der Waals surface area contributed by atoms with E-state index in [0.29, 0.717) is 0 Å². The fourth-order valence-electron chi connectivity index (χ4n) is 2.93. The second kappa shape index (κ2) is 5.85. The molecule has 3 rings (SSSR count). The molecule has 2 aromatic carbocycles. The summed E-state index contributed by atoms with van der Waals surface area (Å²) in [6.07, 6.45) is 0.908. The lowest BCUT2D eigenvalue weighted by Gasteiger charge is -2.37. The summed E-state index contributed by atoms with van der Waals surface area (Å²) < 4.78 is 0.963. The third kappa shape index (κ3) is 2.93. The molecule has 0 saturated heterocycles. The predicted octanol–water partition coefficient (Wildman–Crippen LogP) is 3.83. The zero-order valence-electron chi connectivity index (χ0n) is 11.4. The summed E-state index contributed by atoms with van der Waals surface area (Å²) in [5, 5.41) is 11.1. The van der Waals surface area contributed by atoms with E-state index in [0.717, 1.165) is 28.7 Å². The highest BCUT2D eigenvalue weighted by molar-refractivity contribution is 9.10. The molecular formula is C16H15BrN2O2. The van der Waals surface area contributed by atoms with Gasteiger partial charge in [0.2, 0.25) is 6.54 Å². The second-order valence-electron chi connectivity index (χ2n) is 5.15. The van der Waals surface area contributed by atoms with Crippen molar-refractivity contribution in [2.45, 2.75) is 12.5 Å². The van der Waals surface area contributed by atoms with Crippen LogP contribution in [0.4, 0.5) is 5.69 Å². The first-order valence-corrected chi connectivity index (χ1v) is 7.66. The molecule has 1 unspecified atom stereocenters. The van der Waals surface area contributed by atoms with Crippen molar-refractivity contribution in [2.24, 2.45) is 0 Å². The first-order valence-electron chi connectivity index (χ1n) is 6.87. The highest BCUT2D eigenvalue weighted by atomic mass is 79.9. The topological polar surface area (TPSA) is 46.4 Å². The maximum absolute atomic E-state index is 11.1. The molecule has 108 valence electrons. The number of nitro groups is 1. The number of nitrogens with zero attached hydrogens (tertiary/aromatic N) is 2. The van der Waals surface area contributed by atoms with Crippen LogP contribution in [0.25, 0.3) is 0 Å². The lowest BCUT2D eigenvalue weighted by molar-refractivity contribution is -0.483. The Balaban J connectivity index is 2.04. The van der Waals surface area contributed by atoms with Gasteiger partial charge in [-0.15, -0.1) is 0 Å². The fraction of sp³-hybridized carbons (Fsp3) is 0.250. The minimum absolute atomic E-state index is 0.0850. The van der Waals surface area contributed by atoms with E-state index in [1.54, 1.807) is 0 Å². The lowest BCUT2D eigenvalue weighted by Crippen LogP contribution is -2.39. The maximum atomic E-state index is 11.1. The van der Waals surface area contributed by atoms with E-state index < -0.39 is 0 Å². The Hall–Kier alpha value is -1.88. The second-order valence-corrected chi connectivity index (χ2v) is 6.07. The maximum Gasteiger partial charge on any atom is 0.228 e. The monoisotopic (exact) mass is 346 g/mol. The van der Waals surface area contributed by atoms with Gasteiger partial charge in [0.15, 0.2) is 0 Å². The molecular weight excluding hydrogens is 332 g/mol. The normalized spacial score (nSPS) is 17.4. The Morgan fingerprint density at radius 2 is 2.00 bits per heavy atom. The highest BCUT2D eigenvalue weighted by Crippen LogP contribution is 2.35. The van der Waals surface area contributed by atoms with Crippen LogP contribution in [0.15, 0.2) is 53.0 Å². The molecule has 2 aromatic rings. The Kier molecular flexibility index (Phi) is 3.92. The van der Waals surface area contributed by atoms with E-state index in [9.17, 15) is 10.1 Å². The number of rotatable bonds is 3. The number of halogens is 1. The van der Waals surface area contributed by atoms with E-state index in [-0.39, 0.29) is 17.5 Å². The molecule has 1 heterocycles. The molecule has 0 fully saturated rings. The van der Waals surface area contributed by atoms with Crippen molar-refractivity contribution in [3.63, 3.8) is 0 Å². The van der Waals surface area contributed by atoms with E-state index >= 15 is 0 Å². The van der Waals surface area contributed by atoms with E-state index in [1.807, 2.05) is 42.5 Å². The van der Waals surface area contributed by atoms with E-state index in [2.05, 4.69) is 26.9 Å². The molecule has 5 heteroatoms. The van der Waals surface area contributed by atoms with Crippen molar-refractivity contribution in [3.8, 4) is 0 Å². The molecule has 1 atom stereocenters. The molecule has 0 spiro atoms. The van der Waals surface area contributed by atoms with Gasteiger partial charge in [0.05, 0.1) is 0 Å². The average molecular weight is 347 g/mol. The summed E-state index contributed by atoms with van der Waals surface area (Å²) in [6, 6.07) is 15.8. The van der Waals surface area contributed by atoms with Crippen molar-refractivity contribution in [3.05, 3.63) is 74.2 Å². The smallest absolute Gasteiger partial charge is 0.228 e. The quantitative estimate of drug-likeness (QED) is 0.626. The van der Waals surface area contributed by atoms with Gasteiger partial charge in [-0.2, -0.15) is 0 Å². The Morgan fingerprint density at radius 1 is 1.24 bits per heavy atom. The van der Waals surface area contributed by atoms with Crippen molar-refractivity contribution < 1.29 is 4.92 Å². The standard InChI is InChI=1S/C16H15BrN2O2/c17-13-7-6-12-8-9-18(14-4-2-1-3-5-14)16(11-19(20)21)15(12)10-13/h1-7,10,16H,8-9,11H2. The van der Waals surface area contributed by atoms with Crippen LogP contribution < -0.4 is 4.90 Å². The molecule has 0 bridgehead atoms. The largest absolute Gasteiger partial charge is 0.358 e. The summed E-state index contributed by atoms with van der Waals surface area (Å²) in [5.74, 6) is 0. The third-order valence-electron chi connectivity index (χ3n) is 3.88. The molecule has 0 aromatic heterocycles. The van der Waals surface area contributed by atoms with Gasteiger partial charge in [-0.25, -0.2) is 0 Å². The highest BCUT2D eigenvalue weighted by Gasteiger charge is 2.31. The van der Waals surface area contributed by atoms with E-state index in [1.165, 1.54) is 5.56 Å². The van der Waals surface area contributed by atoms with Gasteiger partial charge in [-0.3, -0.25) is 10.1 Å². The summed E-state index contributed by atoms with van der Waals surface area (Å²) in [5.41, 5.74) is 3.29. The molecule has 1 aliphatic rings. The number of anilines is 1. The SMILES string of the molecule is O=[N+]([O-])CC1c2cc(Br)ccc2CCN1c1ccccc1. The molecule has 0 aliphatic carbocycles. The van der Waals surface area contributed by atoms with Crippen LogP contribution in [-0.4, -0.2) is 18.0 Å². The summed E-state index contributed by atoms with van der Waals surface area (Å²) >= 11 is 3.47. The third-order valence-corrected chi connectivity index (χ3v) is 4.37. The summed E-state index contributed by atoms with van der Waals surface area (Å²) in [4.78, 5) is 13.0. The minimum atomic E-state index is -0.226. The van der Waals surface area contributed by atoms with Gasteiger partial charge in [-0.05, 0) is 41.8 Å². The van der Waals surface area contributed by atoms with E-state index in [4.69, 9.17) is 0 Å². The van der Waals surface area contributed by atoms with Crippen molar-refractivity contribution in [2.75, 3.05) is 18.0 Å². The van der Waals surface area contributed by atoms with Crippen LogP contribution in [0.5, 0.6) is 0 Å². The van der Waals surface area contributed by atoms with Crippen LogP contribution in [0.1, 0.15) is 17.2 Å². The van der Waals surface area contributed by atoms with Crippen LogP contribution in [-0.2, 0) is 6.42 Å². The van der Waals surface area contributed by atoms with Gasteiger partial charge >= 0.3 is 0 Å². The number of hydrogen-bond donors (Lipinski definition) is 0. The number of fused-ring (bicyclic) bond motifs is 1. The van der Waals surface area contributed by atoms with Crippen LogP contribution in [0, 0.1) is 10.1 Å². The molecule has 0 N–H and O–H groups in total. The van der Waals surface area contributed by atoms with Gasteiger partial charge in [-0.1, -0.05) is 40.2 Å². The average Bonchev–Trinajstić information content (AvgIpc) is 2.48. The lowest BCUT2D eigenvalue weighted by atomic mass is 9.92. The Morgan fingerprint density at radius 3 is 2.71 bits per heavy atom. The van der Waals surface area contributed by atoms with Crippen LogP contribution >= 0.6 is 15.9 Å². The molecule has 4 nitrogen and oxygen atoms in total. The predicted molar refractivity (Wildman–Crippen MR) is 86.2 cm³/mol. The number of benzene rings is 2. The van der Waals surface area contributed by atoms with Crippen molar-refractivity contribution >= 4 is 21.6 Å². The molecule has 0 amide bonds. The number of hydrogen-bond acceptors (Lipinski definition) is 3. The summed E-state index contributed by atoms with van der Waals surface area (Å²) in [7, 11) is 0. The van der Waals surface area contributed by atoms with Gasteiger partial charge in [0.1, 0.15) is 6.04 Å². The minimum Gasteiger partial charge on any atom is -0.358 e. The van der Waals surface area contributed by atoms with Crippen LogP contribution in [0.3, 0.4) is 0 Å². The Bertz CT molecular complexity index is 661. The zero-order valence-corrected chi connectivity index (χ0v) is 13.0. The molecule has 21 heavy (non-hydrogen) atoms. The zero-order chi connectivity index (χ0) is 14.8. The molecule has 0 saturated carbocycles. The fourth-order valence-corrected chi connectivity index (χ4v) is 3.31. The Labute approximate surface area is 131 Å². The first kappa shape index (κ1) is 14.1.